The van der Waals surface area contributed by atoms with E-state index in [2.05, 4.69) is 0 Å². The highest BCUT2D eigenvalue weighted by Crippen LogP contribution is 2.46. The van der Waals surface area contributed by atoms with Crippen molar-refractivity contribution in [1.29, 1.82) is 0 Å². The van der Waals surface area contributed by atoms with Crippen molar-refractivity contribution in [3.63, 3.8) is 0 Å². The number of rotatable bonds is 6. The molecule has 8 aromatic rings. The minimum Gasteiger partial charge on any atom is -0.507 e. The molecule has 4 nitrogen and oxygen atoms in total. The second kappa shape index (κ2) is 16.8. The molecule has 1 N–H and O–H groups in total. The molecule has 0 radical (unpaired) electrons. The first-order chi connectivity index (χ1) is 42.8. The fourth-order valence-corrected chi connectivity index (χ4v) is 8.04. The molecule has 4 heteroatoms. The molecule has 0 amide bonds. The van der Waals surface area contributed by atoms with E-state index in [4.69, 9.17) is 42.9 Å². The summed E-state index contributed by atoms with van der Waals surface area (Å²) in [4.78, 5) is 9.72. The van der Waals surface area contributed by atoms with Crippen molar-refractivity contribution in [1.82, 2.24) is 14.5 Å². The van der Waals surface area contributed by atoms with E-state index in [1.165, 1.54) is 30.5 Å². The van der Waals surface area contributed by atoms with Gasteiger partial charge in [-0.15, -0.1) is 0 Å². The summed E-state index contributed by atoms with van der Waals surface area (Å²) in [5, 5.41) is 13.3. The average molecular weight is 914 g/mol. The highest BCUT2D eigenvalue weighted by molar-refractivity contribution is 5.98. The van der Waals surface area contributed by atoms with Gasteiger partial charge in [-0.25, -0.2) is 4.98 Å². The van der Waals surface area contributed by atoms with Crippen molar-refractivity contribution in [3.8, 4) is 67.5 Å². The smallest absolute Gasteiger partial charge is 0.149 e. The standard InChI is InChI=1S/C63H71N3O/c1-39-38-64-53(37-49(39)41-25-27-44(28-26-41)59(2,3)4)43-31-42(32-46(33-43)61(8,9)10)48-23-20-24-55-56(48)65-58(51-35-47(62(11,12)13)36-52(57(51)67)63(14,15)16)66(55)54-30-29-45(60(5,6)7)34-50(54)40-21-18-17-19-22-40/h17-38,67H,1-16H3/i1D3,11D3,12D3,13D3,14D3,15D3,16D3,17D,18D,19D,21D,22D,35D,36D. The summed E-state index contributed by atoms with van der Waals surface area (Å²) in [6.07, 6.45) is 1.26. The first-order valence-corrected chi connectivity index (χ1v) is 21.7. The van der Waals surface area contributed by atoms with Gasteiger partial charge in [0.15, 0.2) is 0 Å². The lowest BCUT2D eigenvalue weighted by atomic mass is 9.79. The molecule has 0 saturated heterocycles. The minimum absolute atomic E-state index is 0.0530. The summed E-state index contributed by atoms with van der Waals surface area (Å²) in [7, 11) is 0. The van der Waals surface area contributed by atoms with Gasteiger partial charge >= 0.3 is 0 Å². The van der Waals surface area contributed by atoms with Gasteiger partial charge in [-0.2, -0.15) is 0 Å². The van der Waals surface area contributed by atoms with Gasteiger partial charge in [0, 0.05) is 57.2 Å². The second-order valence-corrected chi connectivity index (χ2v) is 20.1. The molecule has 2 heterocycles. The molecule has 0 atom stereocenters. The number of hydrogen-bond acceptors (Lipinski definition) is 3. The van der Waals surface area contributed by atoms with Crippen LogP contribution in [0.3, 0.4) is 0 Å². The summed E-state index contributed by atoms with van der Waals surface area (Å²) in [5.74, 6) is -2.83. The summed E-state index contributed by atoms with van der Waals surface area (Å²) in [6.45, 7) is -12.2. The summed E-state index contributed by atoms with van der Waals surface area (Å²) >= 11 is 0. The van der Waals surface area contributed by atoms with Crippen LogP contribution >= 0.6 is 0 Å². The van der Waals surface area contributed by atoms with Gasteiger partial charge in [0.1, 0.15) is 11.6 Å². The highest BCUT2D eigenvalue weighted by Gasteiger charge is 2.30. The number of phenols is 1. The zero-order chi connectivity index (χ0) is 72.2. The molecular formula is C63H71N3O. The first-order valence-electron chi connectivity index (χ1n) is 35.7. The third kappa shape index (κ3) is 9.38. The SMILES string of the molecule is [2H]c1c([2H])c([2H])c(-c2cc(C(C)(C)C)ccc2-n2c(-c3c([2H])c(C(C([2H])([2H])[2H])(C([2H])([2H])[2H])C([2H])([2H])[2H])c([2H])c(C(C([2H])([2H])[2H])(C([2H])([2H])[2H])C([2H])([2H])[2H])c3O)nc3c(-c4cc(-c5cc(-c6ccc(C(C)(C)C)cc6)c(C([2H])([2H])[2H])cn5)cc(C(C)(C)C)c4)cccc32)c([2H])c1[2H]. The molecule has 344 valence electrons. The predicted molar refractivity (Wildman–Crippen MR) is 286 cm³/mol. The topological polar surface area (TPSA) is 50.9 Å². The minimum atomic E-state index is -4.58. The third-order valence-corrected chi connectivity index (χ3v) is 11.9. The van der Waals surface area contributed by atoms with Crippen molar-refractivity contribution in [3.05, 3.63) is 167 Å². The number of fused-ring (bicyclic) bond motifs is 1. The molecule has 0 spiro atoms. The van der Waals surface area contributed by atoms with Crippen LogP contribution in [0.2, 0.25) is 0 Å². The molecule has 0 aliphatic carbocycles. The van der Waals surface area contributed by atoms with E-state index in [0.717, 1.165) is 10.1 Å². The first kappa shape index (κ1) is 23.6. The number of phenolic OH excluding ortho intramolecular Hbond substituents is 1. The Labute approximate surface area is 440 Å². The van der Waals surface area contributed by atoms with Crippen LogP contribution in [0.5, 0.6) is 5.75 Å². The molecule has 0 saturated carbocycles. The molecule has 0 bridgehead atoms. The van der Waals surface area contributed by atoms with Gasteiger partial charge in [-0.1, -0.05) is 188 Å². The number of aromatic nitrogens is 3. The molecule has 67 heavy (non-hydrogen) atoms. The molecule has 8 rings (SSSR count). The summed E-state index contributed by atoms with van der Waals surface area (Å²) < 4.78 is 251. The van der Waals surface area contributed by atoms with Gasteiger partial charge in [0.25, 0.3) is 0 Å². The summed E-state index contributed by atoms with van der Waals surface area (Å²) in [6, 6.07) is 15.4. The Morgan fingerprint density at radius 3 is 1.84 bits per heavy atom. The molecule has 0 aliphatic rings. The fourth-order valence-electron chi connectivity index (χ4n) is 8.04. The van der Waals surface area contributed by atoms with E-state index < -0.39 is 146 Å². The maximum atomic E-state index is 13.3. The van der Waals surface area contributed by atoms with Crippen molar-refractivity contribution >= 4 is 11.0 Å². The monoisotopic (exact) mass is 914 g/mol. The van der Waals surface area contributed by atoms with Crippen LogP contribution in [0.25, 0.3) is 72.7 Å². The normalized spacial score (nSPS) is 20.3. The number of hydrogen-bond donors (Lipinski definition) is 1. The Kier molecular flexibility index (Phi) is 5.93. The maximum absolute atomic E-state index is 13.3. The number of para-hydroxylation sites is 1. The molecule has 6 aromatic carbocycles. The van der Waals surface area contributed by atoms with E-state index in [0.29, 0.717) is 33.4 Å². The zero-order valence-electron chi connectivity index (χ0n) is 66.9. The molecule has 0 fully saturated rings. The van der Waals surface area contributed by atoms with Gasteiger partial charge < -0.3 is 5.11 Å². The van der Waals surface area contributed by atoms with Gasteiger partial charge in [-0.3, -0.25) is 9.55 Å². The lowest BCUT2D eigenvalue weighted by Crippen LogP contribution is -2.17. The number of imidazole rings is 1. The quantitative estimate of drug-likeness (QED) is 0.181. The van der Waals surface area contributed by atoms with Crippen LogP contribution in [0.4, 0.5) is 0 Å². The number of pyridine rings is 1. The van der Waals surface area contributed by atoms with Gasteiger partial charge in [0.05, 0.1) is 37.6 Å². The average Bonchev–Trinajstić information content (AvgIpc) is 1.19. The lowest BCUT2D eigenvalue weighted by molar-refractivity contribution is 0.446. The summed E-state index contributed by atoms with van der Waals surface area (Å²) in [5.41, 5.74) is -13.6. The zero-order valence-corrected chi connectivity index (χ0v) is 38.9. The van der Waals surface area contributed by atoms with Gasteiger partial charge in [-0.05, 0) is 126 Å². The van der Waals surface area contributed by atoms with Crippen LogP contribution in [0.1, 0.15) is 175 Å². The molecule has 2 aromatic heterocycles. The number of aromatic hydroxyl groups is 1. The Balaban J connectivity index is 1.70. The number of nitrogens with zero attached hydrogens (tertiary/aromatic N) is 3. The number of benzene rings is 6. The third-order valence-electron chi connectivity index (χ3n) is 11.9. The van der Waals surface area contributed by atoms with E-state index >= 15 is 0 Å². The molecule has 0 unspecified atom stereocenters. The maximum Gasteiger partial charge on any atom is 0.149 e. The van der Waals surface area contributed by atoms with E-state index in [1.807, 2.05) is 71.9 Å². The van der Waals surface area contributed by atoms with Crippen LogP contribution in [0, 0.1) is 6.85 Å². The van der Waals surface area contributed by atoms with Crippen LogP contribution in [-0.2, 0) is 27.1 Å². The Bertz CT molecular complexity index is 4170. The number of aryl methyl sites for hydroxylation is 1. The van der Waals surface area contributed by atoms with Crippen molar-refractivity contribution < 1.29 is 43.5 Å². The van der Waals surface area contributed by atoms with Crippen LogP contribution in [0.15, 0.2) is 133 Å². The highest BCUT2D eigenvalue weighted by atomic mass is 16.3. The Hall–Kier alpha value is -6.26. The Morgan fingerprint density at radius 1 is 0.537 bits per heavy atom. The van der Waals surface area contributed by atoms with E-state index in [1.54, 1.807) is 51.1 Å². The Morgan fingerprint density at radius 2 is 1.19 bits per heavy atom. The van der Waals surface area contributed by atoms with E-state index in [-0.39, 0.29) is 44.5 Å². The molecular weight excluding hydrogens is 815 g/mol. The van der Waals surface area contributed by atoms with Gasteiger partial charge in [0.2, 0.25) is 0 Å². The molecule has 0 aliphatic heterocycles. The van der Waals surface area contributed by atoms with E-state index in [9.17, 15) is 10.6 Å². The largest absolute Gasteiger partial charge is 0.507 e. The fraction of sp³-hybridized carbons (Fsp3) is 0.333. The second-order valence-electron chi connectivity index (χ2n) is 20.1. The van der Waals surface area contributed by atoms with Crippen molar-refractivity contribution in [2.75, 3.05) is 0 Å². The van der Waals surface area contributed by atoms with Crippen molar-refractivity contribution in [2.24, 2.45) is 0 Å². The predicted octanol–water partition coefficient (Wildman–Crippen LogP) is 17.3. The van der Waals surface area contributed by atoms with Crippen molar-refractivity contribution in [2.45, 2.75) is 137 Å². The lowest BCUT2D eigenvalue weighted by Gasteiger charge is -2.28. The van der Waals surface area contributed by atoms with Crippen LogP contribution < -0.4 is 0 Å². The van der Waals surface area contributed by atoms with Crippen LogP contribution in [-0.4, -0.2) is 19.6 Å².